The molecule has 5 nitrogen and oxygen atoms in total. The molecule has 2 heterocycles. The molecule has 2 aliphatic carbocycles. The average molecular weight is 578 g/mol. The zero-order valence-corrected chi connectivity index (χ0v) is 25.9. The van der Waals surface area contributed by atoms with Crippen LogP contribution >= 0.6 is 0 Å². The lowest BCUT2D eigenvalue weighted by Crippen LogP contribution is -2.37. The summed E-state index contributed by atoms with van der Waals surface area (Å²) >= 11 is 0. The van der Waals surface area contributed by atoms with E-state index >= 15 is 0 Å². The van der Waals surface area contributed by atoms with E-state index in [1.807, 2.05) is 30.3 Å². The summed E-state index contributed by atoms with van der Waals surface area (Å²) in [5.74, 6) is 0.114. The number of aliphatic hydroxyl groups is 1. The Morgan fingerprint density at radius 3 is 2.33 bits per heavy atom. The fourth-order valence-electron chi connectivity index (χ4n) is 7.79. The summed E-state index contributed by atoms with van der Waals surface area (Å²) in [5.41, 5.74) is 9.77. The van der Waals surface area contributed by atoms with E-state index in [2.05, 4.69) is 54.1 Å². The lowest BCUT2D eigenvalue weighted by atomic mass is 9.80. The number of fused-ring (bicyclic) bond motifs is 3. The highest BCUT2D eigenvalue weighted by Gasteiger charge is 2.32. The van der Waals surface area contributed by atoms with Crippen molar-refractivity contribution in [2.45, 2.75) is 103 Å². The summed E-state index contributed by atoms with van der Waals surface area (Å²) < 4.78 is 2.48. The van der Waals surface area contributed by atoms with Crippen LogP contribution in [0.5, 0.6) is 0 Å². The van der Waals surface area contributed by atoms with Crippen LogP contribution in [0.3, 0.4) is 0 Å². The predicted octanol–water partition coefficient (Wildman–Crippen LogP) is 7.87. The molecule has 1 saturated carbocycles. The molecule has 0 spiro atoms. The number of aryl methyl sites for hydroxylation is 3. The number of nitrogens with zero attached hydrogens (tertiary/aromatic N) is 2. The Kier molecular flexibility index (Phi) is 9.28. The Labute approximate surface area is 256 Å². The molecule has 2 atom stereocenters. The number of benzene rings is 2. The fraction of sp³-hybridized carbons (Fsp3) is 0.474. The third-order valence-electron chi connectivity index (χ3n) is 9.93. The molecule has 5 heteroatoms. The topological polar surface area (TPSA) is 67.2 Å². The van der Waals surface area contributed by atoms with Crippen LogP contribution < -0.4 is 5.32 Å². The van der Waals surface area contributed by atoms with Crippen molar-refractivity contribution >= 4 is 16.9 Å². The van der Waals surface area contributed by atoms with Crippen LogP contribution in [0.2, 0.25) is 0 Å². The molecule has 1 amide bonds. The highest BCUT2D eigenvalue weighted by Crippen LogP contribution is 2.37. The quantitative estimate of drug-likeness (QED) is 0.165. The number of rotatable bonds is 8. The molecule has 2 N–H and O–H groups in total. The molecule has 0 saturated heterocycles. The highest BCUT2D eigenvalue weighted by molar-refractivity contribution is 5.86. The van der Waals surface area contributed by atoms with E-state index < -0.39 is 6.04 Å². The summed E-state index contributed by atoms with van der Waals surface area (Å²) in [4.78, 5) is 19.1. The molecular weight excluding hydrogens is 530 g/mol. The van der Waals surface area contributed by atoms with E-state index in [4.69, 9.17) is 4.98 Å². The zero-order chi connectivity index (χ0) is 29.8. The average Bonchev–Trinajstić information content (AvgIpc) is 3.26. The van der Waals surface area contributed by atoms with E-state index in [-0.39, 0.29) is 18.4 Å². The Hall–Kier alpha value is -3.44. The largest absolute Gasteiger partial charge is 0.394 e. The van der Waals surface area contributed by atoms with Crippen LogP contribution in [0.1, 0.15) is 109 Å². The summed E-state index contributed by atoms with van der Waals surface area (Å²) in [5, 5.41) is 14.8. The molecule has 43 heavy (non-hydrogen) atoms. The summed E-state index contributed by atoms with van der Waals surface area (Å²) in [6.07, 6.45) is 13.0. The summed E-state index contributed by atoms with van der Waals surface area (Å²) in [6.45, 7) is 5.01. The first-order chi connectivity index (χ1) is 21.0. The van der Waals surface area contributed by atoms with Gasteiger partial charge in [0.25, 0.3) is 0 Å². The van der Waals surface area contributed by atoms with Crippen molar-refractivity contribution < 1.29 is 9.90 Å². The molecule has 0 unspecified atom stereocenters. The van der Waals surface area contributed by atoms with E-state index in [9.17, 15) is 9.90 Å². The van der Waals surface area contributed by atoms with Crippen LogP contribution in [0.15, 0.2) is 60.7 Å². The second-order valence-electron chi connectivity index (χ2n) is 13.0. The Bertz CT molecular complexity index is 1530. The second-order valence-corrected chi connectivity index (χ2v) is 13.0. The molecule has 1 fully saturated rings. The van der Waals surface area contributed by atoms with Gasteiger partial charge in [-0.2, -0.15) is 0 Å². The van der Waals surface area contributed by atoms with Gasteiger partial charge in [0, 0.05) is 23.3 Å². The molecular formula is C38H47N3O2. The van der Waals surface area contributed by atoms with Crippen molar-refractivity contribution in [1.82, 2.24) is 14.9 Å². The van der Waals surface area contributed by atoms with Crippen LogP contribution in [0, 0.1) is 19.8 Å². The van der Waals surface area contributed by atoms with Gasteiger partial charge in [0.2, 0.25) is 5.91 Å². The number of aliphatic hydroxyl groups excluding tert-OH is 1. The van der Waals surface area contributed by atoms with E-state index in [0.29, 0.717) is 5.92 Å². The lowest BCUT2D eigenvalue weighted by molar-refractivity contribution is -0.125. The van der Waals surface area contributed by atoms with Gasteiger partial charge in [0.1, 0.15) is 5.65 Å². The first-order valence-electron chi connectivity index (χ1n) is 16.6. The van der Waals surface area contributed by atoms with Crippen molar-refractivity contribution in [3.8, 4) is 0 Å². The number of amides is 1. The Morgan fingerprint density at radius 2 is 1.60 bits per heavy atom. The number of pyridine rings is 1. The van der Waals surface area contributed by atoms with Crippen LogP contribution in [0.25, 0.3) is 11.0 Å². The van der Waals surface area contributed by atoms with E-state index in [1.165, 1.54) is 72.7 Å². The number of nitrogens with one attached hydrogen (secondary N) is 1. The monoisotopic (exact) mass is 577 g/mol. The first kappa shape index (κ1) is 29.6. The maximum atomic E-state index is 14.0. The molecule has 0 aliphatic heterocycles. The van der Waals surface area contributed by atoms with Crippen molar-refractivity contribution in [2.75, 3.05) is 6.61 Å². The number of carbonyl (C=O) groups excluding carboxylic acids is 1. The van der Waals surface area contributed by atoms with Crippen molar-refractivity contribution in [1.29, 1.82) is 0 Å². The fourth-order valence-corrected chi connectivity index (χ4v) is 7.79. The minimum Gasteiger partial charge on any atom is -0.394 e. The van der Waals surface area contributed by atoms with Gasteiger partial charge in [-0.1, -0.05) is 86.7 Å². The predicted molar refractivity (Wildman–Crippen MR) is 174 cm³/mol. The number of hydrogen-bond donors (Lipinski definition) is 2. The van der Waals surface area contributed by atoms with Gasteiger partial charge in [0.05, 0.1) is 18.6 Å². The molecule has 0 bridgehead atoms. The molecule has 2 aliphatic rings. The van der Waals surface area contributed by atoms with Gasteiger partial charge in [-0.25, -0.2) is 4.98 Å². The van der Waals surface area contributed by atoms with Crippen LogP contribution in [-0.2, 0) is 24.2 Å². The smallest absolute Gasteiger partial charge is 0.228 e. The van der Waals surface area contributed by atoms with Crippen LogP contribution in [-0.4, -0.2) is 27.2 Å². The van der Waals surface area contributed by atoms with Crippen molar-refractivity contribution in [3.05, 3.63) is 99.9 Å². The summed E-state index contributed by atoms with van der Waals surface area (Å²) in [7, 11) is 0. The number of hydrogen-bond acceptors (Lipinski definition) is 3. The summed E-state index contributed by atoms with van der Waals surface area (Å²) in [6, 6.07) is 20.5. The molecule has 2 aromatic carbocycles. The van der Waals surface area contributed by atoms with Crippen molar-refractivity contribution in [3.63, 3.8) is 0 Å². The molecule has 4 aromatic rings. The lowest BCUT2D eigenvalue weighted by Gasteiger charge is -2.28. The van der Waals surface area contributed by atoms with E-state index in [1.54, 1.807) is 0 Å². The highest BCUT2D eigenvalue weighted by atomic mass is 16.3. The van der Waals surface area contributed by atoms with Gasteiger partial charge in [-0.15, -0.1) is 0 Å². The zero-order valence-electron chi connectivity index (χ0n) is 25.9. The van der Waals surface area contributed by atoms with Gasteiger partial charge in [-0.05, 0) is 92.2 Å². The third kappa shape index (κ3) is 6.43. The van der Waals surface area contributed by atoms with Crippen molar-refractivity contribution in [2.24, 2.45) is 5.92 Å². The Balaban J connectivity index is 1.30. The molecule has 2 aromatic heterocycles. The Morgan fingerprint density at radius 1 is 0.907 bits per heavy atom. The normalized spacial score (nSPS) is 17.6. The third-order valence-corrected chi connectivity index (χ3v) is 9.93. The molecule has 226 valence electrons. The van der Waals surface area contributed by atoms with Crippen LogP contribution in [0.4, 0.5) is 0 Å². The van der Waals surface area contributed by atoms with Gasteiger partial charge >= 0.3 is 0 Å². The van der Waals surface area contributed by atoms with Gasteiger partial charge < -0.3 is 15.0 Å². The number of aromatic nitrogens is 2. The van der Waals surface area contributed by atoms with Gasteiger partial charge in [0.15, 0.2) is 0 Å². The number of carbonyl (C=O) groups is 1. The molecule has 0 radical (unpaired) electrons. The SMILES string of the molecule is Cc1cc(C)c2c3c(n(Cc4ccc([C@@H](C(=O)N[C@@H](CO)c5ccccc5)C5CCCCCC5)cc4)c2n1)CCCCC3. The maximum absolute atomic E-state index is 14.0. The maximum Gasteiger partial charge on any atom is 0.228 e. The minimum atomic E-state index is -0.405. The van der Waals surface area contributed by atoms with Gasteiger partial charge in [-0.3, -0.25) is 4.79 Å². The standard InChI is InChI=1S/C38H47N3O2/c1-26-23-27(2)39-37-35(26)32-17-11-6-12-18-34(32)41(37)24-28-19-21-31(22-20-28)36(30-15-7-3-4-8-16-30)38(43)40-33(25-42)29-13-9-5-10-14-29/h5,9-10,13-14,19-23,30,33,36,42H,3-4,6-8,11-12,15-18,24-25H2,1-2H3,(H,40,43)/t33-,36-/m0/s1. The minimum absolute atomic E-state index is 0.0272. The second kappa shape index (κ2) is 13.5. The first-order valence-corrected chi connectivity index (χ1v) is 16.6. The van der Waals surface area contributed by atoms with E-state index in [0.717, 1.165) is 54.7 Å². The molecule has 6 rings (SSSR count).